The molecular formula is C38H51N3O6. The summed E-state index contributed by atoms with van der Waals surface area (Å²) in [6.07, 6.45) is 2.58. The Bertz CT molecular complexity index is 1420. The summed E-state index contributed by atoms with van der Waals surface area (Å²) in [5.41, 5.74) is 2.94. The van der Waals surface area contributed by atoms with Crippen molar-refractivity contribution in [1.82, 2.24) is 9.80 Å². The molecule has 9 heteroatoms. The molecule has 254 valence electrons. The summed E-state index contributed by atoms with van der Waals surface area (Å²) in [6, 6.07) is 22.4. The maximum Gasteiger partial charge on any atom is 0.258 e. The van der Waals surface area contributed by atoms with E-state index < -0.39 is 6.04 Å². The number of hydrogen-bond acceptors (Lipinski definition) is 7. The van der Waals surface area contributed by atoms with E-state index in [1.807, 2.05) is 56.3 Å². The summed E-state index contributed by atoms with van der Waals surface area (Å²) in [6.45, 7) is 8.16. The molecule has 2 amide bonds. The summed E-state index contributed by atoms with van der Waals surface area (Å²) in [4.78, 5) is 31.2. The predicted octanol–water partition coefficient (Wildman–Crippen LogP) is 5.80. The Balaban J connectivity index is 1.57. The largest absolute Gasteiger partial charge is 0.497 e. The molecule has 1 aliphatic rings. The van der Waals surface area contributed by atoms with Crippen molar-refractivity contribution >= 4 is 17.5 Å². The Kier molecular flexibility index (Phi) is 13.6. The van der Waals surface area contributed by atoms with E-state index in [0.29, 0.717) is 36.7 Å². The van der Waals surface area contributed by atoms with Gasteiger partial charge in [0.05, 0.1) is 44.0 Å². The topological polar surface area (TPSA) is 101 Å². The molecule has 2 N–H and O–H groups in total. The number of carbonyl (C=O) groups is 2. The lowest BCUT2D eigenvalue weighted by Gasteiger charge is -2.36. The number of ether oxygens (including phenoxy) is 3. The van der Waals surface area contributed by atoms with Crippen LogP contribution in [0, 0.1) is 5.92 Å². The highest BCUT2D eigenvalue weighted by atomic mass is 16.5. The minimum absolute atomic E-state index is 0.0359. The molecule has 9 nitrogen and oxygen atoms in total. The van der Waals surface area contributed by atoms with Crippen LogP contribution in [0.5, 0.6) is 11.5 Å². The molecule has 3 aromatic carbocycles. The van der Waals surface area contributed by atoms with Crippen molar-refractivity contribution in [2.24, 2.45) is 5.92 Å². The van der Waals surface area contributed by atoms with Crippen molar-refractivity contribution in [2.75, 3.05) is 45.8 Å². The number of amides is 2. The van der Waals surface area contributed by atoms with Gasteiger partial charge >= 0.3 is 0 Å². The Morgan fingerprint density at radius 2 is 1.81 bits per heavy atom. The molecule has 47 heavy (non-hydrogen) atoms. The molecule has 0 fully saturated rings. The fourth-order valence-electron chi connectivity index (χ4n) is 5.86. The van der Waals surface area contributed by atoms with Crippen molar-refractivity contribution < 1.29 is 28.9 Å². The molecule has 0 spiro atoms. The van der Waals surface area contributed by atoms with E-state index in [-0.39, 0.29) is 43.0 Å². The van der Waals surface area contributed by atoms with Crippen LogP contribution in [0.15, 0.2) is 72.8 Å². The molecule has 0 bridgehead atoms. The first-order valence-corrected chi connectivity index (χ1v) is 16.7. The quantitative estimate of drug-likeness (QED) is 0.287. The van der Waals surface area contributed by atoms with E-state index in [9.17, 15) is 14.7 Å². The van der Waals surface area contributed by atoms with Crippen LogP contribution in [-0.4, -0.2) is 85.4 Å². The number of nitrogens with zero attached hydrogens (tertiary/aromatic N) is 2. The zero-order valence-corrected chi connectivity index (χ0v) is 28.5. The second kappa shape index (κ2) is 17.8. The maximum atomic E-state index is 14.4. The zero-order chi connectivity index (χ0) is 33.8. The van der Waals surface area contributed by atoms with E-state index in [4.69, 9.17) is 14.2 Å². The van der Waals surface area contributed by atoms with Crippen molar-refractivity contribution in [3.05, 3.63) is 89.5 Å². The normalized spacial score (nSPS) is 20.1. The lowest BCUT2D eigenvalue weighted by atomic mass is 10.0. The van der Waals surface area contributed by atoms with Crippen molar-refractivity contribution in [3.8, 4) is 11.5 Å². The summed E-state index contributed by atoms with van der Waals surface area (Å²) >= 11 is 0. The summed E-state index contributed by atoms with van der Waals surface area (Å²) in [7, 11) is 3.74. The number of likely N-dealkylation sites (N-methyl/N-ethyl adjacent to an activating group) is 1. The van der Waals surface area contributed by atoms with Gasteiger partial charge in [-0.1, -0.05) is 49.4 Å². The first-order chi connectivity index (χ1) is 22.7. The minimum atomic E-state index is -0.447. The molecule has 3 aromatic rings. The van der Waals surface area contributed by atoms with Gasteiger partial charge in [0.25, 0.3) is 5.91 Å². The third-order valence-corrected chi connectivity index (χ3v) is 8.65. The summed E-state index contributed by atoms with van der Waals surface area (Å²) in [5, 5.41) is 13.2. The van der Waals surface area contributed by atoms with Crippen molar-refractivity contribution in [3.63, 3.8) is 0 Å². The van der Waals surface area contributed by atoms with E-state index >= 15 is 0 Å². The van der Waals surface area contributed by atoms with Gasteiger partial charge in [-0.25, -0.2) is 0 Å². The Morgan fingerprint density at radius 3 is 2.51 bits per heavy atom. The molecule has 1 heterocycles. The van der Waals surface area contributed by atoms with Crippen LogP contribution in [0.25, 0.3) is 0 Å². The van der Waals surface area contributed by atoms with E-state index in [2.05, 4.69) is 36.3 Å². The third-order valence-electron chi connectivity index (χ3n) is 8.65. The molecule has 0 aliphatic carbocycles. The van der Waals surface area contributed by atoms with Gasteiger partial charge in [0, 0.05) is 37.8 Å². The first-order valence-electron chi connectivity index (χ1n) is 16.7. The average Bonchev–Trinajstić information content (AvgIpc) is 3.06. The number of carbonyl (C=O) groups excluding carboxylic acids is 2. The van der Waals surface area contributed by atoms with Gasteiger partial charge in [0.2, 0.25) is 5.91 Å². The van der Waals surface area contributed by atoms with Gasteiger partial charge in [-0.05, 0) is 81.6 Å². The van der Waals surface area contributed by atoms with Crippen LogP contribution in [0.3, 0.4) is 0 Å². The highest BCUT2D eigenvalue weighted by Gasteiger charge is 2.30. The fraction of sp³-hybridized carbons (Fsp3) is 0.474. The Labute approximate surface area is 279 Å². The van der Waals surface area contributed by atoms with E-state index in [0.717, 1.165) is 37.1 Å². The van der Waals surface area contributed by atoms with Gasteiger partial charge in [0.1, 0.15) is 11.5 Å². The molecule has 0 radical (unpaired) electrons. The molecule has 0 aromatic heterocycles. The highest BCUT2D eigenvalue weighted by Crippen LogP contribution is 2.29. The summed E-state index contributed by atoms with van der Waals surface area (Å²) < 4.78 is 18.1. The standard InChI is InChI=1S/C38H51N3O6/c1-27-23-41(28(2)26-42)38(44)34-22-32(39-37(43)21-30-12-7-6-8-13-30)16-19-35(34)47-29(3)11-9-10-20-46-36(27)25-40(4)24-31-14-17-33(45-5)18-15-31/h6-8,12-19,22,27-29,36,42H,9-11,20-21,23-26H2,1-5H3,(H,39,43)/t27-,28-,29+,36+/m0/s1. The number of aliphatic hydroxyl groups excluding tert-OH is 1. The lowest BCUT2D eigenvalue weighted by molar-refractivity contribution is -0.115. The number of benzene rings is 3. The van der Waals surface area contributed by atoms with Gasteiger partial charge in [-0.3, -0.25) is 14.5 Å². The molecular weight excluding hydrogens is 594 g/mol. The van der Waals surface area contributed by atoms with Crippen LogP contribution in [0.2, 0.25) is 0 Å². The molecule has 0 saturated heterocycles. The fourth-order valence-corrected chi connectivity index (χ4v) is 5.86. The monoisotopic (exact) mass is 645 g/mol. The number of aliphatic hydroxyl groups is 1. The SMILES string of the molecule is COc1ccc(CN(C)C[C@H]2OCCCC[C@@H](C)Oc3ccc(NC(=O)Cc4ccccc4)cc3C(=O)N([C@@H](C)CO)C[C@@H]2C)cc1. The van der Waals surface area contributed by atoms with Gasteiger partial charge in [-0.15, -0.1) is 0 Å². The lowest BCUT2D eigenvalue weighted by Crippen LogP contribution is -2.47. The predicted molar refractivity (Wildman–Crippen MR) is 185 cm³/mol. The second-order valence-electron chi connectivity index (χ2n) is 12.8. The molecule has 4 rings (SSSR count). The number of nitrogens with one attached hydrogen (secondary N) is 1. The van der Waals surface area contributed by atoms with E-state index in [1.165, 1.54) is 5.56 Å². The van der Waals surface area contributed by atoms with Crippen LogP contribution in [0.4, 0.5) is 5.69 Å². The molecule has 4 atom stereocenters. The second-order valence-corrected chi connectivity index (χ2v) is 12.8. The van der Waals surface area contributed by atoms with Crippen LogP contribution >= 0.6 is 0 Å². The Morgan fingerprint density at radius 1 is 1.06 bits per heavy atom. The molecule has 0 saturated carbocycles. The van der Waals surface area contributed by atoms with Gasteiger partial charge < -0.3 is 29.5 Å². The number of methoxy groups -OCH3 is 1. The third kappa shape index (κ3) is 10.8. The first kappa shape index (κ1) is 35.9. The smallest absolute Gasteiger partial charge is 0.258 e. The van der Waals surface area contributed by atoms with Crippen LogP contribution in [-0.2, 0) is 22.5 Å². The summed E-state index contributed by atoms with van der Waals surface area (Å²) in [5.74, 6) is 0.820. The van der Waals surface area contributed by atoms with Gasteiger partial charge in [-0.2, -0.15) is 0 Å². The molecule has 0 unspecified atom stereocenters. The number of rotatable bonds is 10. The van der Waals surface area contributed by atoms with Gasteiger partial charge in [0.15, 0.2) is 0 Å². The minimum Gasteiger partial charge on any atom is -0.497 e. The van der Waals surface area contributed by atoms with Crippen LogP contribution in [0.1, 0.15) is 61.5 Å². The average molecular weight is 646 g/mol. The number of hydrogen-bond donors (Lipinski definition) is 2. The number of anilines is 1. The Hall–Kier alpha value is -3.92. The van der Waals surface area contributed by atoms with Crippen LogP contribution < -0.4 is 14.8 Å². The van der Waals surface area contributed by atoms with E-state index in [1.54, 1.807) is 30.2 Å². The number of fused-ring (bicyclic) bond motifs is 1. The molecule has 1 aliphatic heterocycles. The highest BCUT2D eigenvalue weighted by molar-refractivity contribution is 6.00. The zero-order valence-electron chi connectivity index (χ0n) is 28.5. The van der Waals surface area contributed by atoms with Crippen molar-refractivity contribution in [2.45, 2.75) is 71.2 Å². The maximum absolute atomic E-state index is 14.4. The van der Waals surface area contributed by atoms with Crippen molar-refractivity contribution in [1.29, 1.82) is 0 Å².